The summed E-state index contributed by atoms with van der Waals surface area (Å²) in [5, 5.41) is 12.9. The molecular formula is C11H13NO2. The zero-order chi connectivity index (χ0) is 10.2. The van der Waals surface area contributed by atoms with Crippen LogP contribution in [0, 0.1) is 0 Å². The normalized spacial score (nSPS) is 24.6. The monoisotopic (exact) mass is 191 g/mol. The van der Waals surface area contributed by atoms with E-state index in [1.165, 1.54) is 0 Å². The van der Waals surface area contributed by atoms with Gasteiger partial charge >= 0.3 is 0 Å². The van der Waals surface area contributed by atoms with Crippen LogP contribution in [0.3, 0.4) is 0 Å². The molecule has 14 heavy (non-hydrogen) atoms. The first-order chi connectivity index (χ1) is 6.68. The number of anilines is 1. The van der Waals surface area contributed by atoms with Crippen molar-refractivity contribution in [1.82, 2.24) is 0 Å². The van der Waals surface area contributed by atoms with Gasteiger partial charge < -0.3 is 10.4 Å². The molecule has 1 aromatic carbocycles. The molecule has 74 valence electrons. The minimum Gasteiger partial charge on any atom is -0.375 e. The fourth-order valence-electron chi connectivity index (χ4n) is 1.91. The number of fused-ring (bicyclic) bond motifs is 1. The van der Waals surface area contributed by atoms with Gasteiger partial charge in [-0.25, -0.2) is 0 Å². The average molecular weight is 191 g/mol. The predicted molar refractivity (Wildman–Crippen MR) is 53.9 cm³/mol. The van der Waals surface area contributed by atoms with Gasteiger partial charge in [-0.1, -0.05) is 31.5 Å². The lowest BCUT2D eigenvalue weighted by Crippen LogP contribution is -2.33. The van der Waals surface area contributed by atoms with E-state index in [1.807, 2.05) is 19.1 Å². The largest absolute Gasteiger partial charge is 0.375 e. The topological polar surface area (TPSA) is 49.3 Å². The van der Waals surface area contributed by atoms with Crippen LogP contribution >= 0.6 is 0 Å². The third-order valence-corrected chi connectivity index (χ3v) is 2.61. The molecule has 1 aliphatic heterocycles. The lowest BCUT2D eigenvalue weighted by atomic mass is 9.91. The van der Waals surface area contributed by atoms with Gasteiger partial charge in [0.15, 0.2) is 5.60 Å². The number of rotatable bonds is 2. The molecule has 3 heteroatoms. The molecule has 0 saturated carbocycles. The Kier molecular flexibility index (Phi) is 2.04. The van der Waals surface area contributed by atoms with Crippen LogP contribution in [0.15, 0.2) is 24.3 Å². The van der Waals surface area contributed by atoms with Crippen LogP contribution in [0.4, 0.5) is 5.69 Å². The molecule has 0 saturated heterocycles. The van der Waals surface area contributed by atoms with Crippen molar-refractivity contribution in [3.63, 3.8) is 0 Å². The molecule has 0 aliphatic carbocycles. The van der Waals surface area contributed by atoms with Gasteiger partial charge in [0.1, 0.15) is 0 Å². The van der Waals surface area contributed by atoms with Crippen molar-refractivity contribution in [2.24, 2.45) is 0 Å². The third-order valence-electron chi connectivity index (χ3n) is 2.61. The number of carbonyl (C=O) groups is 1. The fraction of sp³-hybridized carbons (Fsp3) is 0.364. The predicted octanol–water partition coefficient (Wildman–Crippen LogP) is 1.63. The molecular weight excluding hydrogens is 178 g/mol. The summed E-state index contributed by atoms with van der Waals surface area (Å²) in [5.41, 5.74) is 0.117. The summed E-state index contributed by atoms with van der Waals surface area (Å²) in [7, 11) is 0. The Labute approximate surface area is 82.8 Å². The Hall–Kier alpha value is -1.35. The van der Waals surface area contributed by atoms with Crippen LogP contribution in [0.2, 0.25) is 0 Å². The van der Waals surface area contributed by atoms with E-state index < -0.39 is 5.60 Å². The zero-order valence-electron chi connectivity index (χ0n) is 8.08. The van der Waals surface area contributed by atoms with Crippen LogP contribution in [-0.4, -0.2) is 11.0 Å². The molecule has 1 unspecified atom stereocenters. The molecule has 1 atom stereocenters. The maximum Gasteiger partial charge on any atom is 0.261 e. The van der Waals surface area contributed by atoms with E-state index in [0.717, 1.165) is 12.1 Å². The number of carbonyl (C=O) groups excluding carboxylic acids is 1. The van der Waals surface area contributed by atoms with Crippen molar-refractivity contribution >= 4 is 11.6 Å². The lowest BCUT2D eigenvalue weighted by Gasteiger charge is -2.19. The highest BCUT2D eigenvalue weighted by atomic mass is 16.3. The Balaban J connectivity index is 2.48. The Bertz CT molecular complexity index is 375. The molecule has 1 amide bonds. The van der Waals surface area contributed by atoms with Crippen LogP contribution in [0.25, 0.3) is 0 Å². The van der Waals surface area contributed by atoms with Crippen molar-refractivity contribution < 1.29 is 9.90 Å². The third kappa shape index (κ3) is 1.13. The first kappa shape index (κ1) is 9.21. The number of aliphatic hydroxyl groups is 1. The molecule has 0 fully saturated rings. The van der Waals surface area contributed by atoms with E-state index in [2.05, 4.69) is 5.32 Å². The summed E-state index contributed by atoms with van der Waals surface area (Å²) in [5.74, 6) is -0.305. The number of hydrogen-bond acceptors (Lipinski definition) is 2. The van der Waals surface area contributed by atoms with Crippen molar-refractivity contribution in [3.05, 3.63) is 29.8 Å². The summed E-state index contributed by atoms with van der Waals surface area (Å²) in [6.07, 6.45) is 1.24. The maximum atomic E-state index is 11.6. The van der Waals surface area contributed by atoms with Crippen LogP contribution in [0.5, 0.6) is 0 Å². The SMILES string of the molecule is CCCC1(O)C(=O)Nc2ccccc21. The smallest absolute Gasteiger partial charge is 0.261 e. The van der Waals surface area contributed by atoms with Gasteiger partial charge in [0.05, 0.1) is 0 Å². The molecule has 1 aliphatic rings. The molecule has 0 radical (unpaired) electrons. The van der Waals surface area contributed by atoms with Crippen molar-refractivity contribution in [1.29, 1.82) is 0 Å². The molecule has 0 bridgehead atoms. The summed E-state index contributed by atoms with van der Waals surface area (Å²) in [4.78, 5) is 11.6. The fourth-order valence-corrected chi connectivity index (χ4v) is 1.91. The molecule has 0 aromatic heterocycles. The van der Waals surface area contributed by atoms with Crippen molar-refractivity contribution in [2.75, 3.05) is 5.32 Å². The summed E-state index contributed by atoms with van der Waals surface area (Å²) >= 11 is 0. The molecule has 0 spiro atoms. The average Bonchev–Trinajstić information content (AvgIpc) is 2.41. The molecule has 3 nitrogen and oxygen atoms in total. The van der Waals surface area contributed by atoms with Crippen molar-refractivity contribution in [2.45, 2.75) is 25.4 Å². The van der Waals surface area contributed by atoms with Gasteiger partial charge in [-0.15, -0.1) is 0 Å². The van der Waals surface area contributed by atoms with Gasteiger partial charge in [0, 0.05) is 11.3 Å². The first-order valence-corrected chi connectivity index (χ1v) is 4.82. The highest BCUT2D eigenvalue weighted by Crippen LogP contribution is 2.38. The van der Waals surface area contributed by atoms with Gasteiger partial charge in [-0.2, -0.15) is 0 Å². The number of nitrogens with one attached hydrogen (secondary N) is 1. The maximum absolute atomic E-state index is 11.6. The zero-order valence-corrected chi connectivity index (χ0v) is 8.08. The first-order valence-electron chi connectivity index (χ1n) is 4.82. The van der Waals surface area contributed by atoms with Gasteiger partial charge in [-0.05, 0) is 12.5 Å². The molecule has 2 rings (SSSR count). The highest BCUT2D eigenvalue weighted by molar-refractivity contribution is 6.04. The number of para-hydroxylation sites is 1. The minimum absolute atomic E-state index is 0.305. The van der Waals surface area contributed by atoms with Gasteiger partial charge in [0.25, 0.3) is 5.91 Å². The second kappa shape index (κ2) is 3.10. The molecule has 2 N–H and O–H groups in total. The van der Waals surface area contributed by atoms with Gasteiger partial charge in [0.2, 0.25) is 0 Å². The van der Waals surface area contributed by atoms with E-state index in [0.29, 0.717) is 12.0 Å². The summed E-state index contributed by atoms with van der Waals surface area (Å²) in [6, 6.07) is 7.28. The molecule has 1 heterocycles. The lowest BCUT2D eigenvalue weighted by molar-refractivity contribution is -0.134. The van der Waals surface area contributed by atoms with Crippen molar-refractivity contribution in [3.8, 4) is 0 Å². The summed E-state index contributed by atoms with van der Waals surface area (Å²) < 4.78 is 0. The minimum atomic E-state index is -1.31. The van der Waals surface area contributed by atoms with E-state index in [9.17, 15) is 9.90 Å². The quantitative estimate of drug-likeness (QED) is 0.746. The van der Waals surface area contributed by atoms with E-state index in [-0.39, 0.29) is 5.91 Å². The Morgan fingerprint density at radius 1 is 1.43 bits per heavy atom. The number of benzene rings is 1. The summed E-state index contributed by atoms with van der Waals surface area (Å²) in [6.45, 7) is 1.95. The highest BCUT2D eigenvalue weighted by Gasteiger charge is 2.43. The van der Waals surface area contributed by atoms with E-state index >= 15 is 0 Å². The Morgan fingerprint density at radius 2 is 2.14 bits per heavy atom. The van der Waals surface area contributed by atoms with Crippen LogP contribution < -0.4 is 5.32 Å². The van der Waals surface area contributed by atoms with E-state index in [1.54, 1.807) is 12.1 Å². The standard InChI is InChI=1S/C11H13NO2/c1-2-7-11(14)8-5-3-4-6-9(8)12-10(11)13/h3-6,14H,2,7H2,1H3,(H,12,13). The van der Waals surface area contributed by atoms with Gasteiger partial charge in [-0.3, -0.25) is 4.79 Å². The van der Waals surface area contributed by atoms with Crippen LogP contribution in [-0.2, 0) is 10.4 Å². The molecule has 1 aromatic rings. The van der Waals surface area contributed by atoms with Crippen LogP contribution in [0.1, 0.15) is 25.3 Å². The van der Waals surface area contributed by atoms with E-state index in [4.69, 9.17) is 0 Å². The second-order valence-electron chi connectivity index (χ2n) is 3.61. The number of amides is 1. The second-order valence-corrected chi connectivity index (χ2v) is 3.61. The number of hydrogen-bond donors (Lipinski definition) is 2. The Morgan fingerprint density at radius 3 is 2.86 bits per heavy atom.